The fourth-order valence-corrected chi connectivity index (χ4v) is 1.72. The van der Waals surface area contributed by atoms with E-state index in [1.54, 1.807) is 6.07 Å². The smallest absolute Gasteiger partial charge is 0.489 e. The summed E-state index contributed by atoms with van der Waals surface area (Å²) in [5, 5.41) is 0. The van der Waals surface area contributed by atoms with Crippen LogP contribution in [0.2, 0.25) is 0 Å². The SMILES string of the molecule is NCc1cccc(OCc2ccc(OC(F)(F)F)cc2)c1. The maximum absolute atomic E-state index is 12.0. The molecule has 0 saturated heterocycles. The van der Waals surface area contributed by atoms with Gasteiger partial charge in [-0.2, -0.15) is 0 Å². The van der Waals surface area contributed by atoms with Crippen LogP contribution in [0.15, 0.2) is 48.5 Å². The molecule has 0 amide bonds. The van der Waals surface area contributed by atoms with E-state index in [9.17, 15) is 13.2 Å². The van der Waals surface area contributed by atoms with Crippen LogP contribution >= 0.6 is 0 Å². The molecule has 0 unspecified atom stereocenters. The second-order valence-corrected chi connectivity index (χ2v) is 4.33. The molecule has 2 rings (SSSR count). The average molecular weight is 297 g/mol. The standard InChI is InChI=1S/C15H14F3NO2/c16-15(17,18)21-13-6-4-11(5-7-13)10-20-14-3-1-2-12(8-14)9-19/h1-8H,9-10,19H2. The predicted octanol–water partition coefficient (Wildman–Crippen LogP) is 3.62. The molecule has 0 saturated carbocycles. The van der Waals surface area contributed by atoms with Crippen LogP contribution in [-0.2, 0) is 13.2 Å². The van der Waals surface area contributed by atoms with Crippen LogP contribution in [0, 0.1) is 0 Å². The van der Waals surface area contributed by atoms with Crippen molar-refractivity contribution in [2.45, 2.75) is 19.5 Å². The second kappa shape index (κ2) is 6.49. The fraction of sp³-hybridized carbons (Fsp3) is 0.200. The summed E-state index contributed by atoms with van der Waals surface area (Å²) in [6.07, 6.45) is -4.68. The predicted molar refractivity (Wildman–Crippen MR) is 71.8 cm³/mol. The van der Waals surface area contributed by atoms with Gasteiger partial charge in [-0.15, -0.1) is 13.2 Å². The molecule has 6 heteroatoms. The number of alkyl halides is 3. The number of halogens is 3. The normalized spacial score (nSPS) is 11.2. The number of ether oxygens (including phenoxy) is 2. The van der Waals surface area contributed by atoms with Gasteiger partial charge >= 0.3 is 6.36 Å². The largest absolute Gasteiger partial charge is 0.573 e. The van der Waals surface area contributed by atoms with E-state index in [0.717, 1.165) is 11.1 Å². The van der Waals surface area contributed by atoms with Gasteiger partial charge in [0.2, 0.25) is 0 Å². The molecule has 0 spiro atoms. The molecule has 0 aliphatic carbocycles. The second-order valence-electron chi connectivity index (χ2n) is 4.33. The first kappa shape index (κ1) is 15.2. The molecule has 0 aliphatic heterocycles. The van der Waals surface area contributed by atoms with E-state index < -0.39 is 6.36 Å². The minimum atomic E-state index is -4.68. The van der Waals surface area contributed by atoms with E-state index in [1.807, 2.05) is 18.2 Å². The highest BCUT2D eigenvalue weighted by Gasteiger charge is 2.30. The number of hydrogen-bond acceptors (Lipinski definition) is 3. The van der Waals surface area contributed by atoms with E-state index in [2.05, 4.69) is 4.74 Å². The highest BCUT2D eigenvalue weighted by molar-refractivity contribution is 5.30. The Morgan fingerprint density at radius 1 is 0.905 bits per heavy atom. The van der Waals surface area contributed by atoms with Gasteiger partial charge in [0.15, 0.2) is 0 Å². The maximum atomic E-state index is 12.0. The molecule has 2 N–H and O–H groups in total. The van der Waals surface area contributed by atoms with Crippen molar-refractivity contribution in [1.82, 2.24) is 0 Å². The molecule has 0 bridgehead atoms. The number of rotatable bonds is 5. The lowest BCUT2D eigenvalue weighted by Crippen LogP contribution is -2.17. The van der Waals surface area contributed by atoms with Crippen molar-refractivity contribution in [3.05, 3.63) is 59.7 Å². The lowest BCUT2D eigenvalue weighted by atomic mass is 10.2. The zero-order chi connectivity index (χ0) is 15.3. The molecule has 0 fully saturated rings. The molecule has 0 aromatic heterocycles. The van der Waals surface area contributed by atoms with E-state index in [1.165, 1.54) is 24.3 Å². The van der Waals surface area contributed by atoms with Gasteiger partial charge < -0.3 is 15.2 Å². The molecule has 2 aromatic carbocycles. The topological polar surface area (TPSA) is 44.5 Å². The van der Waals surface area contributed by atoms with Crippen LogP contribution < -0.4 is 15.2 Å². The molecule has 0 radical (unpaired) electrons. The summed E-state index contributed by atoms with van der Waals surface area (Å²) in [6, 6.07) is 12.9. The Balaban J connectivity index is 1.94. The zero-order valence-electron chi connectivity index (χ0n) is 11.1. The molecule has 2 aromatic rings. The molecule has 112 valence electrons. The summed E-state index contributed by atoms with van der Waals surface area (Å²) in [7, 11) is 0. The Morgan fingerprint density at radius 2 is 1.62 bits per heavy atom. The Bertz CT molecular complexity index is 582. The molecule has 0 aliphatic rings. The van der Waals surface area contributed by atoms with Gasteiger partial charge in [0.25, 0.3) is 0 Å². The van der Waals surface area contributed by atoms with E-state index >= 15 is 0 Å². The van der Waals surface area contributed by atoms with Crippen molar-refractivity contribution >= 4 is 0 Å². The summed E-state index contributed by atoms with van der Waals surface area (Å²) in [5.74, 6) is 0.407. The van der Waals surface area contributed by atoms with E-state index in [-0.39, 0.29) is 12.4 Å². The van der Waals surface area contributed by atoms with E-state index in [4.69, 9.17) is 10.5 Å². The van der Waals surface area contributed by atoms with Crippen molar-refractivity contribution < 1.29 is 22.6 Å². The third-order valence-electron chi connectivity index (χ3n) is 2.70. The summed E-state index contributed by atoms with van der Waals surface area (Å²) in [5.41, 5.74) is 7.22. The monoisotopic (exact) mass is 297 g/mol. The molecular formula is C15H14F3NO2. The van der Waals surface area contributed by atoms with Gasteiger partial charge in [0.05, 0.1) is 0 Å². The van der Waals surface area contributed by atoms with Crippen molar-refractivity contribution in [3.8, 4) is 11.5 Å². The van der Waals surface area contributed by atoms with Gasteiger partial charge in [-0.25, -0.2) is 0 Å². The lowest BCUT2D eigenvalue weighted by Gasteiger charge is -2.10. The van der Waals surface area contributed by atoms with E-state index in [0.29, 0.717) is 12.3 Å². The Hall–Kier alpha value is -2.21. The number of nitrogens with two attached hydrogens (primary N) is 1. The van der Waals surface area contributed by atoms with Crippen LogP contribution in [0.25, 0.3) is 0 Å². The molecule has 0 heterocycles. The van der Waals surface area contributed by atoms with Crippen molar-refractivity contribution in [2.24, 2.45) is 5.73 Å². The molecule has 0 atom stereocenters. The Labute approximate surface area is 120 Å². The van der Waals surface area contributed by atoms with Gasteiger partial charge in [-0.3, -0.25) is 0 Å². The minimum absolute atomic E-state index is 0.250. The highest BCUT2D eigenvalue weighted by Crippen LogP contribution is 2.23. The van der Waals surface area contributed by atoms with Crippen LogP contribution in [-0.4, -0.2) is 6.36 Å². The van der Waals surface area contributed by atoms with Crippen molar-refractivity contribution in [2.75, 3.05) is 0 Å². The van der Waals surface area contributed by atoms with Gasteiger partial charge in [0.1, 0.15) is 18.1 Å². The van der Waals surface area contributed by atoms with Gasteiger partial charge in [-0.05, 0) is 35.4 Å². The third kappa shape index (κ3) is 5.00. The minimum Gasteiger partial charge on any atom is -0.489 e. The summed E-state index contributed by atoms with van der Waals surface area (Å²) < 4.78 is 45.4. The Kier molecular flexibility index (Phi) is 4.70. The quantitative estimate of drug-likeness (QED) is 0.916. The maximum Gasteiger partial charge on any atom is 0.573 e. The summed E-state index contributed by atoms with van der Waals surface area (Å²) in [4.78, 5) is 0. The van der Waals surface area contributed by atoms with Crippen molar-refractivity contribution in [1.29, 1.82) is 0 Å². The number of hydrogen-bond donors (Lipinski definition) is 1. The molecule has 3 nitrogen and oxygen atoms in total. The number of benzene rings is 2. The van der Waals surface area contributed by atoms with Gasteiger partial charge in [-0.1, -0.05) is 24.3 Å². The van der Waals surface area contributed by atoms with Crippen LogP contribution in [0.1, 0.15) is 11.1 Å². The van der Waals surface area contributed by atoms with Gasteiger partial charge in [0, 0.05) is 6.54 Å². The third-order valence-corrected chi connectivity index (χ3v) is 2.70. The first-order chi connectivity index (χ1) is 9.96. The molecule has 21 heavy (non-hydrogen) atoms. The lowest BCUT2D eigenvalue weighted by molar-refractivity contribution is -0.274. The van der Waals surface area contributed by atoms with Crippen LogP contribution in [0.4, 0.5) is 13.2 Å². The first-order valence-corrected chi connectivity index (χ1v) is 6.23. The fourth-order valence-electron chi connectivity index (χ4n) is 1.72. The molecular weight excluding hydrogens is 283 g/mol. The van der Waals surface area contributed by atoms with Crippen molar-refractivity contribution in [3.63, 3.8) is 0 Å². The zero-order valence-corrected chi connectivity index (χ0v) is 11.1. The van der Waals surface area contributed by atoms with Crippen LogP contribution in [0.3, 0.4) is 0 Å². The summed E-state index contributed by atoms with van der Waals surface area (Å²) >= 11 is 0. The highest BCUT2D eigenvalue weighted by atomic mass is 19.4. The summed E-state index contributed by atoms with van der Waals surface area (Å²) in [6.45, 7) is 0.668. The Morgan fingerprint density at radius 3 is 2.24 bits per heavy atom. The van der Waals surface area contributed by atoms with Crippen LogP contribution in [0.5, 0.6) is 11.5 Å². The first-order valence-electron chi connectivity index (χ1n) is 6.23. The average Bonchev–Trinajstić information content (AvgIpc) is 2.45.